The van der Waals surface area contributed by atoms with Gasteiger partial charge in [0.25, 0.3) is 5.91 Å². The first-order valence-corrected chi connectivity index (χ1v) is 12.1. The second-order valence-electron chi connectivity index (χ2n) is 7.03. The van der Waals surface area contributed by atoms with Crippen molar-refractivity contribution in [1.29, 1.82) is 0 Å². The fourth-order valence-electron chi connectivity index (χ4n) is 3.22. The number of nitrogens with one attached hydrogen (secondary N) is 1. The van der Waals surface area contributed by atoms with Crippen LogP contribution in [0.5, 0.6) is 0 Å². The number of furan rings is 1. The number of nitrogens with two attached hydrogens (primary N) is 1. The molecule has 0 aliphatic carbocycles. The molecule has 12 heteroatoms. The van der Waals surface area contributed by atoms with Crippen molar-refractivity contribution in [3.8, 4) is 11.4 Å². The number of thioether (sulfide) groups is 1. The Bertz CT molecular complexity index is 1180. The fourth-order valence-corrected chi connectivity index (χ4v) is 5.04. The van der Waals surface area contributed by atoms with E-state index in [1.807, 2.05) is 24.5 Å². The molecule has 0 spiro atoms. The predicted octanol–water partition coefficient (Wildman–Crippen LogP) is 3.63. The number of thiophene rings is 1. The Morgan fingerprint density at radius 3 is 2.64 bits per heavy atom. The lowest BCUT2D eigenvalue weighted by Gasteiger charge is -2.09. The van der Waals surface area contributed by atoms with E-state index in [-0.39, 0.29) is 33.7 Å². The van der Waals surface area contributed by atoms with Gasteiger partial charge in [0.15, 0.2) is 11.0 Å². The summed E-state index contributed by atoms with van der Waals surface area (Å²) in [4.78, 5) is 37.0. The SMILES string of the molecule is CCCn1c(SCC(=O)Nc2sc(C(N)=O)c(C)c2C(=O)OCC)nnc1-c1ccoc1C. The molecule has 176 valence electrons. The molecule has 3 heterocycles. The molecule has 0 radical (unpaired) electrons. The zero-order valence-corrected chi connectivity index (χ0v) is 20.4. The van der Waals surface area contributed by atoms with Crippen LogP contribution < -0.4 is 11.1 Å². The number of anilines is 1. The van der Waals surface area contributed by atoms with Gasteiger partial charge in [0.05, 0.1) is 34.6 Å². The summed E-state index contributed by atoms with van der Waals surface area (Å²) in [6, 6.07) is 1.83. The Morgan fingerprint density at radius 1 is 1.27 bits per heavy atom. The molecule has 0 aliphatic heterocycles. The largest absolute Gasteiger partial charge is 0.469 e. The molecule has 3 aromatic rings. The molecule has 0 fully saturated rings. The number of ether oxygens (including phenoxy) is 1. The molecular weight excluding hydrogens is 466 g/mol. The average molecular weight is 492 g/mol. The van der Waals surface area contributed by atoms with Crippen LogP contribution in [-0.4, -0.2) is 44.9 Å². The fraction of sp³-hybridized carbons (Fsp3) is 0.381. The summed E-state index contributed by atoms with van der Waals surface area (Å²) in [6.45, 7) is 8.00. The first-order chi connectivity index (χ1) is 15.8. The Morgan fingerprint density at radius 2 is 2.03 bits per heavy atom. The third-order valence-corrected chi connectivity index (χ3v) is 6.89. The molecule has 0 aliphatic rings. The third-order valence-electron chi connectivity index (χ3n) is 4.70. The van der Waals surface area contributed by atoms with Gasteiger partial charge in [-0.15, -0.1) is 21.5 Å². The maximum Gasteiger partial charge on any atom is 0.341 e. The van der Waals surface area contributed by atoms with Gasteiger partial charge in [0.2, 0.25) is 5.91 Å². The number of carbonyl (C=O) groups excluding carboxylic acids is 3. The number of primary amides is 1. The first-order valence-electron chi connectivity index (χ1n) is 10.3. The van der Waals surface area contributed by atoms with Crippen molar-refractivity contribution >= 4 is 45.9 Å². The molecule has 0 saturated carbocycles. The van der Waals surface area contributed by atoms with E-state index in [1.165, 1.54) is 11.8 Å². The molecule has 33 heavy (non-hydrogen) atoms. The van der Waals surface area contributed by atoms with Gasteiger partial charge >= 0.3 is 5.97 Å². The molecule has 3 N–H and O–H groups in total. The molecule has 0 aromatic carbocycles. The third kappa shape index (κ3) is 5.28. The number of nitrogens with zero attached hydrogens (tertiary/aromatic N) is 3. The van der Waals surface area contributed by atoms with Gasteiger partial charge in [-0.1, -0.05) is 18.7 Å². The van der Waals surface area contributed by atoms with E-state index < -0.39 is 11.9 Å². The van der Waals surface area contributed by atoms with Gasteiger partial charge < -0.3 is 24.8 Å². The second kappa shape index (κ2) is 10.7. The summed E-state index contributed by atoms with van der Waals surface area (Å²) < 4.78 is 12.4. The molecule has 0 atom stereocenters. The summed E-state index contributed by atoms with van der Waals surface area (Å²) in [5.41, 5.74) is 6.78. The highest BCUT2D eigenvalue weighted by atomic mass is 32.2. The number of hydrogen-bond acceptors (Lipinski definition) is 9. The van der Waals surface area contributed by atoms with Crippen molar-refractivity contribution in [2.24, 2.45) is 5.73 Å². The minimum Gasteiger partial charge on any atom is -0.469 e. The Hall–Kier alpha value is -3.12. The summed E-state index contributed by atoms with van der Waals surface area (Å²) in [6.07, 6.45) is 2.45. The number of carbonyl (C=O) groups is 3. The maximum absolute atomic E-state index is 12.7. The van der Waals surface area contributed by atoms with Crippen LogP contribution in [0, 0.1) is 13.8 Å². The number of aryl methyl sites for hydroxylation is 1. The Balaban J connectivity index is 1.78. The van der Waals surface area contributed by atoms with E-state index in [2.05, 4.69) is 15.5 Å². The monoisotopic (exact) mass is 491 g/mol. The van der Waals surface area contributed by atoms with Crippen LogP contribution in [0.15, 0.2) is 21.9 Å². The molecule has 3 aromatic heterocycles. The van der Waals surface area contributed by atoms with Crippen LogP contribution >= 0.6 is 23.1 Å². The number of amides is 2. The average Bonchev–Trinajstić information content (AvgIpc) is 3.44. The molecule has 2 amide bonds. The van der Waals surface area contributed by atoms with Crippen molar-refractivity contribution < 1.29 is 23.5 Å². The van der Waals surface area contributed by atoms with Crippen molar-refractivity contribution in [3.63, 3.8) is 0 Å². The lowest BCUT2D eigenvalue weighted by Crippen LogP contribution is -2.17. The minimum absolute atomic E-state index is 0.0251. The quantitative estimate of drug-likeness (QED) is 0.323. The van der Waals surface area contributed by atoms with Gasteiger partial charge in [-0.25, -0.2) is 4.79 Å². The van der Waals surface area contributed by atoms with Gasteiger partial charge in [0.1, 0.15) is 10.8 Å². The van der Waals surface area contributed by atoms with Gasteiger partial charge in [-0.2, -0.15) is 0 Å². The van der Waals surface area contributed by atoms with Crippen molar-refractivity contribution in [1.82, 2.24) is 14.8 Å². The van der Waals surface area contributed by atoms with Crippen LogP contribution in [0.4, 0.5) is 5.00 Å². The second-order valence-corrected chi connectivity index (χ2v) is 8.99. The highest BCUT2D eigenvalue weighted by Gasteiger charge is 2.26. The molecule has 0 bridgehead atoms. The van der Waals surface area contributed by atoms with E-state index >= 15 is 0 Å². The van der Waals surface area contributed by atoms with E-state index in [0.29, 0.717) is 23.1 Å². The van der Waals surface area contributed by atoms with Crippen molar-refractivity contribution in [2.45, 2.75) is 45.8 Å². The summed E-state index contributed by atoms with van der Waals surface area (Å²) >= 11 is 2.18. The summed E-state index contributed by atoms with van der Waals surface area (Å²) in [5.74, 6) is -0.223. The van der Waals surface area contributed by atoms with Gasteiger partial charge in [-0.3, -0.25) is 9.59 Å². The topological polar surface area (TPSA) is 142 Å². The Labute approximate surface area is 198 Å². The van der Waals surface area contributed by atoms with E-state index in [4.69, 9.17) is 14.9 Å². The maximum atomic E-state index is 12.7. The number of aromatic nitrogens is 3. The molecule has 0 saturated heterocycles. The lowest BCUT2D eigenvalue weighted by atomic mass is 10.1. The van der Waals surface area contributed by atoms with Crippen molar-refractivity contribution in [3.05, 3.63) is 34.1 Å². The van der Waals surface area contributed by atoms with Crippen LogP contribution in [0.1, 0.15) is 51.6 Å². The van der Waals surface area contributed by atoms with Gasteiger partial charge in [-0.05, 0) is 38.8 Å². The van der Waals surface area contributed by atoms with Gasteiger partial charge in [0, 0.05) is 6.54 Å². The number of rotatable bonds is 10. The molecular formula is C21H25N5O5S2. The van der Waals surface area contributed by atoms with E-state index in [1.54, 1.807) is 20.1 Å². The highest BCUT2D eigenvalue weighted by Crippen LogP contribution is 2.34. The minimum atomic E-state index is -0.673. The predicted molar refractivity (Wildman–Crippen MR) is 126 cm³/mol. The zero-order valence-electron chi connectivity index (χ0n) is 18.8. The standard InChI is InChI=1S/C21H25N5O5S2/c1-5-8-26-18(13-7-9-31-12(13)4)24-25-21(26)32-10-14(27)23-19-15(20(29)30-6-2)11(3)16(33-19)17(22)28/h7,9H,5-6,8,10H2,1-4H3,(H2,22,28)(H,23,27). The molecule has 10 nitrogen and oxygen atoms in total. The van der Waals surface area contributed by atoms with E-state index in [0.717, 1.165) is 29.1 Å². The smallest absolute Gasteiger partial charge is 0.341 e. The van der Waals surface area contributed by atoms with Crippen LogP contribution in [0.25, 0.3) is 11.4 Å². The molecule has 3 rings (SSSR count). The lowest BCUT2D eigenvalue weighted by molar-refractivity contribution is -0.113. The zero-order chi connectivity index (χ0) is 24.1. The summed E-state index contributed by atoms with van der Waals surface area (Å²) in [7, 11) is 0. The van der Waals surface area contributed by atoms with Crippen molar-refractivity contribution in [2.75, 3.05) is 17.7 Å². The van der Waals surface area contributed by atoms with Crippen LogP contribution in [-0.2, 0) is 16.1 Å². The number of esters is 1. The summed E-state index contributed by atoms with van der Waals surface area (Å²) in [5, 5.41) is 12.1. The Kier molecular flexibility index (Phi) is 7.92. The number of hydrogen-bond donors (Lipinski definition) is 2. The normalized spacial score (nSPS) is 10.9. The van der Waals surface area contributed by atoms with Crippen LogP contribution in [0.3, 0.4) is 0 Å². The highest BCUT2D eigenvalue weighted by molar-refractivity contribution is 7.99. The van der Waals surface area contributed by atoms with Crippen LogP contribution in [0.2, 0.25) is 0 Å². The van der Waals surface area contributed by atoms with E-state index in [9.17, 15) is 14.4 Å². The molecule has 0 unspecified atom stereocenters. The first kappa shape index (κ1) is 24.5.